The second-order valence-electron chi connectivity index (χ2n) is 6.57. The first-order valence-corrected chi connectivity index (χ1v) is 11.0. The van der Waals surface area contributed by atoms with E-state index in [1.54, 1.807) is 0 Å². The van der Waals surface area contributed by atoms with E-state index in [0.29, 0.717) is 30.4 Å². The molecule has 1 aliphatic rings. The molecule has 0 unspecified atom stereocenters. The Bertz CT molecular complexity index is 1250. The number of fused-ring (bicyclic) bond motifs is 1. The average molecular weight is 463 g/mol. The van der Waals surface area contributed by atoms with Crippen LogP contribution in [0.5, 0.6) is 11.5 Å². The second kappa shape index (κ2) is 8.44. The van der Waals surface area contributed by atoms with Gasteiger partial charge in [0.05, 0.1) is 9.92 Å². The summed E-state index contributed by atoms with van der Waals surface area (Å²) in [6.45, 7) is 0.753. The Morgan fingerprint density at radius 3 is 2.29 bits per heavy atom. The maximum absolute atomic E-state index is 13.2. The first-order chi connectivity index (χ1) is 14.8. The minimum atomic E-state index is -3.87. The Hall–Kier alpha value is -3.30. The summed E-state index contributed by atoms with van der Waals surface area (Å²) in [7, 11) is -3.87. The molecule has 10 heteroatoms. The van der Waals surface area contributed by atoms with Crippen molar-refractivity contribution in [1.82, 2.24) is 0 Å². The molecule has 3 aromatic carbocycles. The quantitative estimate of drug-likeness (QED) is 0.589. The minimum absolute atomic E-state index is 0.0201. The summed E-state index contributed by atoms with van der Waals surface area (Å²) in [5.74, 6) is -0.191. The third-order valence-corrected chi connectivity index (χ3v) is 6.07. The average Bonchev–Trinajstić information content (AvgIpc) is 2.76. The van der Waals surface area contributed by atoms with Crippen LogP contribution >= 0.6 is 11.6 Å². The highest BCUT2D eigenvalue weighted by Gasteiger charge is 2.19. The lowest BCUT2D eigenvalue weighted by Gasteiger charge is -2.19. The molecule has 0 atom stereocenters. The molecule has 0 aliphatic carbocycles. The monoisotopic (exact) mass is 462 g/mol. The molecule has 0 saturated carbocycles. The van der Waals surface area contributed by atoms with E-state index in [-0.39, 0.29) is 21.2 Å². The Balaban J connectivity index is 1.46. The fourth-order valence-corrected chi connectivity index (χ4v) is 4.13. The summed E-state index contributed by atoms with van der Waals surface area (Å²) < 4.78 is 51.9. The number of hydrogen-bond donors (Lipinski definition) is 2. The molecule has 4 rings (SSSR count). The highest BCUT2D eigenvalue weighted by Crippen LogP contribution is 2.32. The van der Waals surface area contributed by atoms with Gasteiger partial charge in [-0.1, -0.05) is 11.6 Å². The molecule has 0 radical (unpaired) electrons. The van der Waals surface area contributed by atoms with Crippen molar-refractivity contribution in [3.8, 4) is 11.5 Å². The van der Waals surface area contributed by atoms with E-state index >= 15 is 0 Å². The van der Waals surface area contributed by atoms with Crippen LogP contribution in [0.2, 0.25) is 5.02 Å². The molecule has 1 heterocycles. The number of halogens is 2. The summed E-state index contributed by atoms with van der Waals surface area (Å²) in [6.07, 6.45) is 0. The Morgan fingerprint density at radius 2 is 1.58 bits per heavy atom. The molecule has 1 aliphatic heterocycles. The molecule has 0 spiro atoms. The number of carbonyl (C=O) groups excluding carboxylic acids is 1. The Kier molecular flexibility index (Phi) is 5.71. The van der Waals surface area contributed by atoms with Gasteiger partial charge in [0.1, 0.15) is 19.0 Å². The maximum Gasteiger partial charge on any atom is 0.262 e. The van der Waals surface area contributed by atoms with E-state index in [9.17, 15) is 17.6 Å². The van der Waals surface area contributed by atoms with Crippen molar-refractivity contribution in [3.05, 3.63) is 77.1 Å². The van der Waals surface area contributed by atoms with Gasteiger partial charge in [-0.3, -0.25) is 9.52 Å². The number of amides is 1. The standard InChI is InChI=1S/C21H16ClFN2O5S/c22-17-11-15(5-7-18(17)23)24-21(26)13-1-3-14(4-2-13)25-31(27,28)16-6-8-19-20(12-16)30-10-9-29-19/h1-8,11-12,25H,9-10H2,(H,24,26). The number of carbonyl (C=O) groups is 1. The largest absolute Gasteiger partial charge is 0.486 e. The van der Waals surface area contributed by atoms with Crippen molar-refractivity contribution in [2.24, 2.45) is 0 Å². The molecular weight excluding hydrogens is 447 g/mol. The van der Waals surface area contributed by atoms with Crippen LogP contribution in [0.1, 0.15) is 10.4 Å². The smallest absolute Gasteiger partial charge is 0.262 e. The molecule has 0 bridgehead atoms. The van der Waals surface area contributed by atoms with Crippen LogP contribution in [0.4, 0.5) is 15.8 Å². The number of rotatable bonds is 5. The number of benzene rings is 3. The maximum atomic E-state index is 13.2. The molecule has 0 fully saturated rings. The van der Waals surface area contributed by atoms with Gasteiger partial charge < -0.3 is 14.8 Å². The lowest BCUT2D eigenvalue weighted by atomic mass is 10.2. The van der Waals surface area contributed by atoms with Crippen molar-refractivity contribution < 1.29 is 27.1 Å². The highest BCUT2D eigenvalue weighted by molar-refractivity contribution is 7.92. The van der Waals surface area contributed by atoms with Crippen LogP contribution in [0.25, 0.3) is 0 Å². The summed E-state index contributed by atoms with van der Waals surface area (Å²) in [4.78, 5) is 12.4. The van der Waals surface area contributed by atoms with Gasteiger partial charge in [0.15, 0.2) is 11.5 Å². The fraction of sp³-hybridized carbons (Fsp3) is 0.0952. The van der Waals surface area contributed by atoms with Crippen LogP contribution < -0.4 is 19.5 Å². The van der Waals surface area contributed by atoms with E-state index in [0.717, 1.165) is 6.07 Å². The van der Waals surface area contributed by atoms with Crippen molar-refractivity contribution in [2.45, 2.75) is 4.90 Å². The first kappa shape index (κ1) is 21.0. The SMILES string of the molecule is O=C(Nc1ccc(F)c(Cl)c1)c1ccc(NS(=O)(=O)c2ccc3c(c2)OCCO3)cc1. The van der Waals surface area contributed by atoms with Crippen LogP contribution in [0, 0.1) is 5.82 Å². The van der Waals surface area contributed by atoms with Crippen LogP contribution in [0.15, 0.2) is 65.6 Å². The zero-order valence-corrected chi connectivity index (χ0v) is 17.5. The van der Waals surface area contributed by atoms with Gasteiger partial charge in [-0.05, 0) is 54.6 Å². The minimum Gasteiger partial charge on any atom is -0.486 e. The number of ether oxygens (including phenoxy) is 2. The Labute approximate surface area is 182 Å². The van der Waals surface area contributed by atoms with E-state index in [1.165, 1.54) is 54.6 Å². The van der Waals surface area contributed by atoms with Gasteiger partial charge in [-0.2, -0.15) is 0 Å². The normalized spacial score (nSPS) is 12.8. The van der Waals surface area contributed by atoms with Gasteiger partial charge in [0, 0.05) is 23.0 Å². The van der Waals surface area contributed by atoms with E-state index in [4.69, 9.17) is 21.1 Å². The number of nitrogens with one attached hydrogen (secondary N) is 2. The predicted octanol–water partition coefficient (Wildman–Crippen LogP) is 4.30. The molecule has 3 aromatic rings. The topological polar surface area (TPSA) is 93.7 Å². The van der Waals surface area contributed by atoms with E-state index < -0.39 is 21.7 Å². The first-order valence-electron chi connectivity index (χ1n) is 9.11. The number of hydrogen-bond acceptors (Lipinski definition) is 5. The zero-order valence-electron chi connectivity index (χ0n) is 15.9. The van der Waals surface area contributed by atoms with Crippen molar-refractivity contribution in [2.75, 3.05) is 23.3 Å². The third-order valence-electron chi connectivity index (χ3n) is 4.40. The predicted molar refractivity (Wildman–Crippen MR) is 114 cm³/mol. The zero-order chi connectivity index (χ0) is 22.0. The van der Waals surface area contributed by atoms with Crippen LogP contribution in [-0.4, -0.2) is 27.5 Å². The van der Waals surface area contributed by atoms with E-state index in [1.807, 2.05) is 0 Å². The number of sulfonamides is 1. The van der Waals surface area contributed by atoms with Crippen molar-refractivity contribution >= 4 is 38.9 Å². The molecular formula is C21H16ClFN2O5S. The molecule has 7 nitrogen and oxygen atoms in total. The van der Waals surface area contributed by atoms with Gasteiger partial charge >= 0.3 is 0 Å². The third kappa shape index (κ3) is 4.73. The molecule has 2 N–H and O–H groups in total. The lowest BCUT2D eigenvalue weighted by Crippen LogP contribution is -2.17. The molecule has 0 aromatic heterocycles. The molecule has 0 saturated heterocycles. The van der Waals surface area contributed by atoms with Crippen LogP contribution in [0.3, 0.4) is 0 Å². The van der Waals surface area contributed by atoms with Crippen molar-refractivity contribution in [3.63, 3.8) is 0 Å². The highest BCUT2D eigenvalue weighted by atomic mass is 35.5. The van der Waals surface area contributed by atoms with E-state index in [2.05, 4.69) is 10.0 Å². The summed E-state index contributed by atoms with van der Waals surface area (Å²) in [5, 5.41) is 2.48. The Morgan fingerprint density at radius 1 is 0.903 bits per heavy atom. The summed E-state index contributed by atoms with van der Waals surface area (Å²) >= 11 is 5.71. The molecule has 160 valence electrons. The molecule has 31 heavy (non-hydrogen) atoms. The van der Waals surface area contributed by atoms with Gasteiger partial charge in [0.2, 0.25) is 0 Å². The molecule has 1 amide bonds. The number of anilines is 2. The van der Waals surface area contributed by atoms with Crippen molar-refractivity contribution in [1.29, 1.82) is 0 Å². The second-order valence-corrected chi connectivity index (χ2v) is 8.66. The van der Waals surface area contributed by atoms with Gasteiger partial charge in [0.25, 0.3) is 15.9 Å². The lowest BCUT2D eigenvalue weighted by molar-refractivity contribution is 0.102. The summed E-state index contributed by atoms with van der Waals surface area (Å²) in [6, 6.07) is 14.0. The van der Waals surface area contributed by atoms with Gasteiger partial charge in [-0.15, -0.1) is 0 Å². The fourth-order valence-electron chi connectivity index (χ4n) is 2.87. The summed E-state index contributed by atoms with van der Waals surface area (Å²) in [5.41, 5.74) is 0.888. The van der Waals surface area contributed by atoms with Gasteiger partial charge in [-0.25, -0.2) is 12.8 Å². The van der Waals surface area contributed by atoms with Crippen LogP contribution in [-0.2, 0) is 10.0 Å².